The summed E-state index contributed by atoms with van der Waals surface area (Å²) in [5.41, 5.74) is 6.25. The van der Waals surface area contributed by atoms with Crippen molar-refractivity contribution in [3.63, 3.8) is 0 Å². The fourth-order valence-electron chi connectivity index (χ4n) is 1.33. The third-order valence-corrected chi connectivity index (χ3v) is 2.33. The zero-order valence-corrected chi connectivity index (χ0v) is 8.32. The van der Waals surface area contributed by atoms with Crippen molar-refractivity contribution < 1.29 is 14.3 Å². The molecule has 1 aromatic carbocycles. The number of carbonyl (C=O) groups is 1. The van der Waals surface area contributed by atoms with Crippen molar-refractivity contribution in [3.05, 3.63) is 35.6 Å². The SMILES string of the molecule is NCC(CCc1ccc(F)cc1)C(=O)O. The molecule has 1 rings (SSSR count). The summed E-state index contributed by atoms with van der Waals surface area (Å²) in [6.07, 6.45) is 1.09. The van der Waals surface area contributed by atoms with Gasteiger partial charge >= 0.3 is 5.97 Å². The summed E-state index contributed by atoms with van der Waals surface area (Å²) in [7, 11) is 0. The maximum Gasteiger partial charge on any atom is 0.307 e. The predicted octanol–water partition coefficient (Wildman–Crippen LogP) is 1.42. The highest BCUT2D eigenvalue weighted by Gasteiger charge is 2.14. The van der Waals surface area contributed by atoms with E-state index in [1.54, 1.807) is 12.1 Å². The van der Waals surface area contributed by atoms with Crippen LogP contribution in [-0.4, -0.2) is 17.6 Å². The van der Waals surface area contributed by atoms with Crippen LogP contribution in [0.4, 0.5) is 4.39 Å². The molecule has 0 amide bonds. The van der Waals surface area contributed by atoms with Gasteiger partial charge in [-0.2, -0.15) is 0 Å². The van der Waals surface area contributed by atoms with Gasteiger partial charge in [-0.15, -0.1) is 0 Å². The third kappa shape index (κ3) is 3.67. The van der Waals surface area contributed by atoms with Gasteiger partial charge in [-0.1, -0.05) is 12.1 Å². The highest BCUT2D eigenvalue weighted by Crippen LogP contribution is 2.10. The summed E-state index contributed by atoms with van der Waals surface area (Å²) in [6, 6.07) is 6.05. The number of carboxylic acids is 1. The van der Waals surface area contributed by atoms with Crippen LogP contribution in [0.15, 0.2) is 24.3 Å². The van der Waals surface area contributed by atoms with E-state index < -0.39 is 11.9 Å². The number of benzene rings is 1. The minimum absolute atomic E-state index is 0.135. The second-order valence-corrected chi connectivity index (χ2v) is 3.44. The number of halogens is 1. The topological polar surface area (TPSA) is 63.3 Å². The maximum absolute atomic E-state index is 12.6. The second-order valence-electron chi connectivity index (χ2n) is 3.44. The highest BCUT2D eigenvalue weighted by atomic mass is 19.1. The van der Waals surface area contributed by atoms with E-state index in [0.29, 0.717) is 12.8 Å². The van der Waals surface area contributed by atoms with Gasteiger partial charge in [0.1, 0.15) is 5.82 Å². The molecule has 4 heteroatoms. The van der Waals surface area contributed by atoms with Crippen LogP contribution in [0.1, 0.15) is 12.0 Å². The fourth-order valence-corrected chi connectivity index (χ4v) is 1.33. The normalized spacial score (nSPS) is 12.4. The number of aryl methyl sites for hydroxylation is 1. The minimum atomic E-state index is -0.875. The van der Waals surface area contributed by atoms with Crippen LogP contribution in [0.5, 0.6) is 0 Å². The Morgan fingerprint density at radius 2 is 2.00 bits per heavy atom. The van der Waals surface area contributed by atoms with Gasteiger partial charge in [-0.25, -0.2) is 4.39 Å². The zero-order valence-electron chi connectivity index (χ0n) is 8.32. The first kappa shape index (κ1) is 11.7. The van der Waals surface area contributed by atoms with Crippen molar-refractivity contribution in [2.24, 2.45) is 11.7 Å². The van der Waals surface area contributed by atoms with Gasteiger partial charge in [0, 0.05) is 6.54 Å². The average molecular weight is 211 g/mol. The van der Waals surface area contributed by atoms with E-state index in [9.17, 15) is 9.18 Å². The van der Waals surface area contributed by atoms with Crippen LogP contribution in [0.3, 0.4) is 0 Å². The molecule has 0 bridgehead atoms. The Balaban J connectivity index is 2.49. The van der Waals surface area contributed by atoms with Gasteiger partial charge in [0.15, 0.2) is 0 Å². The molecular weight excluding hydrogens is 197 g/mol. The van der Waals surface area contributed by atoms with Crippen molar-refractivity contribution in [2.45, 2.75) is 12.8 Å². The molecule has 0 spiro atoms. The number of hydrogen-bond acceptors (Lipinski definition) is 2. The summed E-state index contributed by atoms with van der Waals surface area (Å²) < 4.78 is 12.6. The quantitative estimate of drug-likeness (QED) is 0.774. The molecule has 0 heterocycles. The molecule has 82 valence electrons. The molecule has 0 aliphatic rings. The lowest BCUT2D eigenvalue weighted by Gasteiger charge is -2.08. The second kappa shape index (κ2) is 5.46. The summed E-state index contributed by atoms with van der Waals surface area (Å²) >= 11 is 0. The van der Waals surface area contributed by atoms with Gasteiger partial charge in [-0.05, 0) is 30.5 Å². The Kier molecular flexibility index (Phi) is 4.24. The molecule has 0 aliphatic carbocycles. The molecule has 0 fully saturated rings. The molecule has 1 atom stereocenters. The smallest absolute Gasteiger partial charge is 0.307 e. The average Bonchev–Trinajstić information content (AvgIpc) is 2.21. The van der Waals surface area contributed by atoms with Crippen molar-refractivity contribution in [1.29, 1.82) is 0 Å². The lowest BCUT2D eigenvalue weighted by molar-refractivity contribution is -0.141. The van der Waals surface area contributed by atoms with E-state index >= 15 is 0 Å². The fraction of sp³-hybridized carbons (Fsp3) is 0.364. The lowest BCUT2D eigenvalue weighted by Crippen LogP contribution is -2.23. The van der Waals surface area contributed by atoms with Crippen LogP contribution in [0.2, 0.25) is 0 Å². The van der Waals surface area contributed by atoms with E-state index in [1.807, 2.05) is 0 Å². The Hall–Kier alpha value is -1.42. The first-order valence-corrected chi connectivity index (χ1v) is 4.81. The van der Waals surface area contributed by atoms with Crippen LogP contribution in [0.25, 0.3) is 0 Å². The van der Waals surface area contributed by atoms with Gasteiger partial charge in [0.25, 0.3) is 0 Å². The number of rotatable bonds is 5. The number of aliphatic carboxylic acids is 1. The van der Waals surface area contributed by atoms with Gasteiger partial charge in [0.2, 0.25) is 0 Å². The van der Waals surface area contributed by atoms with Gasteiger partial charge in [0.05, 0.1) is 5.92 Å². The van der Waals surface area contributed by atoms with Crippen LogP contribution >= 0.6 is 0 Å². The number of hydrogen-bond donors (Lipinski definition) is 2. The first-order chi connectivity index (χ1) is 7.13. The molecule has 3 N–H and O–H groups in total. The summed E-state index contributed by atoms with van der Waals surface area (Å²) in [5, 5.41) is 8.76. The minimum Gasteiger partial charge on any atom is -0.481 e. The largest absolute Gasteiger partial charge is 0.481 e. The predicted molar refractivity (Wildman–Crippen MR) is 54.9 cm³/mol. The van der Waals surface area contributed by atoms with Gasteiger partial charge in [-0.3, -0.25) is 4.79 Å². The highest BCUT2D eigenvalue weighted by molar-refractivity contribution is 5.70. The van der Waals surface area contributed by atoms with E-state index in [2.05, 4.69) is 0 Å². The molecule has 0 aromatic heterocycles. The van der Waals surface area contributed by atoms with E-state index in [0.717, 1.165) is 5.56 Å². The van der Waals surface area contributed by atoms with E-state index in [1.165, 1.54) is 12.1 Å². The molecule has 1 aromatic rings. The lowest BCUT2D eigenvalue weighted by atomic mass is 10.00. The van der Waals surface area contributed by atoms with Crippen molar-refractivity contribution in [1.82, 2.24) is 0 Å². The first-order valence-electron chi connectivity index (χ1n) is 4.81. The van der Waals surface area contributed by atoms with Crippen LogP contribution in [0, 0.1) is 11.7 Å². The summed E-state index contributed by atoms with van der Waals surface area (Å²) in [4.78, 5) is 10.7. The van der Waals surface area contributed by atoms with Crippen LogP contribution in [-0.2, 0) is 11.2 Å². The standard InChI is InChI=1S/C11H14FNO2/c12-10-5-2-8(3-6-10)1-4-9(7-13)11(14)15/h2-3,5-6,9H,1,4,7,13H2,(H,14,15). The monoisotopic (exact) mass is 211 g/mol. The van der Waals surface area contributed by atoms with E-state index in [-0.39, 0.29) is 12.4 Å². The van der Waals surface area contributed by atoms with Gasteiger partial charge < -0.3 is 10.8 Å². The Morgan fingerprint density at radius 1 is 1.40 bits per heavy atom. The molecule has 0 aliphatic heterocycles. The van der Waals surface area contributed by atoms with Crippen molar-refractivity contribution in [3.8, 4) is 0 Å². The van der Waals surface area contributed by atoms with Crippen molar-refractivity contribution in [2.75, 3.05) is 6.54 Å². The van der Waals surface area contributed by atoms with E-state index in [4.69, 9.17) is 10.8 Å². The molecule has 15 heavy (non-hydrogen) atoms. The summed E-state index contributed by atoms with van der Waals surface area (Å²) in [5.74, 6) is -1.68. The Morgan fingerprint density at radius 3 is 2.47 bits per heavy atom. The molecule has 0 saturated heterocycles. The van der Waals surface area contributed by atoms with Crippen LogP contribution < -0.4 is 5.73 Å². The Bertz CT molecular complexity index is 324. The number of nitrogens with two attached hydrogens (primary N) is 1. The van der Waals surface area contributed by atoms with Crippen molar-refractivity contribution >= 4 is 5.97 Å². The maximum atomic E-state index is 12.6. The molecule has 0 saturated carbocycles. The molecule has 0 radical (unpaired) electrons. The molecule has 1 unspecified atom stereocenters. The third-order valence-electron chi connectivity index (χ3n) is 2.33. The Labute approximate surface area is 87.7 Å². The summed E-state index contributed by atoms with van der Waals surface area (Å²) in [6.45, 7) is 0.135. The molecule has 3 nitrogen and oxygen atoms in total. The molecular formula is C11H14FNO2. The zero-order chi connectivity index (χ0) is 11.3. The number of carboxylic acid groups (broad SMARTS) is 1.